The van der Waals surface area contributed by atoms with Crippen LogP contribution in [-0.2, 0) is 19.9 Å². The van der Waals surface area contributed by atoms with Crippen LogP contribution in [0.15, 0.2) is 0 Å². The lowest BCUT2D eigenvalue weighted by molar-refractivity contribution is 0.456. The van der Waals surface area contributed by atoms with Crippen molar-refractivity contribution < 1.29 is 0 Å². The van der Waals surface area contributed by atoms with Crippen molar-refractivity contribution in [3.8, 4) is 0 Å². The highest BCUT2D eigenvalue weighted by Gasteiger charge is 2.15. The molecule has 86 valence electrons. The Morgan fingerprint density at radius 1 is 1.20 bits per heavy atom. The highest BCUT2D eigenvalue weighted by atomic mass is 15.4. The zero-order valence-electron chi connectivity index (χ0n) is 10.5. The van der Waals surface area contributed by atoms with Crippen LogP contribution in [0.4, 0.5) is 0 Å². The summed E-state index contributed by atoms with van der Waals surface area (Å²) in [7, 11) is 2.00. The van der Waals surface area contributed by atoms with Crippen molar-refractivity contribution in [1.29, 1.82) is 0 Å². The third kappa shape index (κ3) is 3.05. The smallest absolute Gasteiger partial charge is 0.0859 e. The van der Waals surface area contributed by atoms with E-state index in [9.17, 15) is 0 Å². The molecule has 1 heterocycles. The molecule has 0 saturated carbocycles. The molecular formula is C12H23N3. The Morgan fingerprint density at radius 2 is 1.93 bits per heavy atom. The van der Waals surface area contributed by atoms with E-state index >= 15 is 0 Å². The summed E-state index contributed by atoms with van der Waals surface area (Å²) in [6, 6.07) is 0. The second-order valence-electron chi connectivity index (χ2n) is 4.14. The fraction of sp³-hybridized carbons (Fsp3) is 0.833. The summed E-state index contributed by atoms with van der Waals surface area (Å²) in [5.74, 6) is 0.857. The van der Waals surface area contributed by atoms with Crippen LogP contribution in [-0.4, -0.2) is 15.0 Å². The number of hydrogen-bond donors (Lipinski definition) is 0. The predicted octanol–water partition coefficient (Wildman–Crippen LogP) is 2.75. The molecule has 15 heavy (non-hydrogen) atoms. The molecule has 0 fully saturated rings. The topological polar surface area (TPSA) is 30.7 Å². The Balaban J connectivity index is 0.000000531. The molecule has 2 rings (SSSR count). The molecule has 3 heteroatoms. The van der Waals surface area contributed by atoms with Crippen LogP contribution in [0, 0.1) is 5.92 Å². The van der Waals surface area contributed by atoms with Gasteiger partial charge in [0.2, 0.25) is 0 Å². The second kappa shape index (κ2) is 5.89. The molecule has 0 N–H and O–H groups in total. The summed E-state index contributed by atoms with van der Waals surface area (Å²) < 4.78 is 1.94. The zero-order chi connectivity index (χ0) is 11.3. The van der Waals surface area contributed by atoms with Crippen LogP contribution in [0.3, 0.4) is 0 Å². The first-order valence-electron chi connectivity index (χ1n) is 6.15. The number of aromatic nitrogens is 3. The van der Waals surface area contributed by atoms with Crippen molar-refractivity contribution in [2.45, 2.75) is 52.9 Å². The maximum absolute atomic E-state index is 4.21. The molecule has 1 aliphatic rings. The zero-order valence-corrected chi connectivity index (χ0v) is 10.5. The van der Waals surface area contributed by atoms with E-state index in [1.807, 2.05) is 25.6 Å². The number of nitrogens with zero attached hydrogens (tertiary/aromatic N) is 3. The van der Waals surface area contributed by atoms with Gasteiger partial charge in [0, 0.05) is 7.05 Å². The lowest BCUT2D eigenvalue weighted by Gasteiger charge is -2.14. The van der Waals surface area contributed by atoms with Gasteiger partial charge in [0.05, 0.1) is 11.4 Å². The van der Waals surface area contributed by atoms with E-state index in [0.717, 1.165) is 18.8 Å². The van der Waals surface area contributed by atoms with Gasteiger partial charge in [-0.05, 0) is 31.6 Å². The fourth-order valence-corrected chi connectivity index (χ4v) is 2.07. The van der Waals surface area contributed by atoms with Crippen molar-refractivity contribution in [2.75, 3.05) is 0 Å². The van der Waals surface area contributed by atoms with Gasteiger partial charge >= 0.3 is 0 Å². The second-order valence-corrected chi connectivity index (χ2v) is 4.14. The number of hydrogen-bond acceptors (Lipinski definition) is 2. The van der Waals surface area contributed by atoms with Crippen molar-refractivity contribution in [3.05, 3.63) is 11.4 Å². The van der Waals surface area contributed by atoms with Gasteiger partial charge in [-0.3, -0.25) is 4.68 Å². The Bertz CT molecular complexity index is 291. The highest BCUT2D eigenvalue weighted by molar-refractivity contribution is 5.11. The Kier molecular flexibility index (Phi) is 4.79. The normalized spacial score (nSPS) is 20.7. The fourth-order valence-electron chi connectivity index (χ4n) is 2.07. The van der Waals surface area contributed by atoms with Gasteiger partial charge in [0.15, 0.2) is 0 Å². The molecule has 0 spiro atoms. The van der Waals surface area contributed by atoms with E-state index < -0.39 is 0 Å². The van der Waals surface area contributed by atoms with E-state index in [2.05, 4.69) is 17.2 Å². The molecule has 0 saturated heterocycles. The SMILES string of the molecule is CC.CC1CCCc2c(nnn2C)CC1. The maximum atomic E-state index is 4.21. The number of fused-ring (bicyclic) bond motifs is 1. The average molecular weight is 209 g/mol. The molecule has 1 unspecified atom stereocenters. The molecule has 0 aromatic carbocycles. The van der Waals surface area contributed by atoms with Crippen LogP contribution in [0.1, 0.15) is 51.4 Å². The molecule has 3 nitrogen and oxygen atoms in total. The van der Waals surface area contributed by atoms with E-state index in [4.69, 9.17) is 0 Å². The third-order valence-electron chi connectivity index (χ3n) is 3.01. The van der Waals surface area contributed by atoms with Crippen LogP contribution >= 0.6 is 0 Å². The minimum Gasteiger partial charge on any atom is -0.252 e. The average Bonchev–Trinajstić information content (AvgIpc) is 2.57. The van der Waals surface area contributed by atoms with Gasteiger partial charge in [-0.15, -0.1) is 5.10 Å². The van der Waals surface area contributed by atoms with E-state index in [-0.39, 0.29) is 0 Å². The van der Waals surface area contributed by atoms with E-state index in [1.54, 1.807) is 0 Å². The molecule has 0 aliphatic heterocycles. The lowest BCUT2D eigenvalue weighted by Crippen LogP contribution is -2.07. The van der Waals surface area contributed by atoms with Gasteiger partial charge in [-0.2, -0.15) is 0 Å². The largest absolute Gasteiger partial charge is 0.252 e. The minimum absolute atomic E-state index is 0.857. The Labute approximate surface area is 92.9 Å². The van der Waals surface area contributed by atoms with Gasteiger partial charge in [0.25, 0.3) is 0 Å². The van der Waals surface area contributed by atoms with Gasteiger partial charge < -0.3 is 0 Å². The molecule has 0 bridgehead atoms. The molecule has 1 aliphatic carbocycles. The number of rotatable bonds is 0. The van der Waals surface area contributed by atoms with Crippen LogP contribution in [0.5, 0.6) is 0 Å². The standard InChI is InChI=1S/C10H17N3.C2H6/c1-8-4-3-5-10-9(7-6-8)11-12-13(10)2;1-2/h8H,3-7H2,1-2H3;1-2H3. The highest BCUT2D eigenvalue weighted by Crippen LogP contribution is 2.21. The quantitative estimate of drug-likeness (QED) is 0.658. The van der Waals surface area contributed by atoms with Crippen LogP contribution in [0.2, 0.25) is 0 Å². The maximum Gasteiger partial charge on any atom is 0.0859 e. The molecule has 0 amide bonds. The summed E-state index contributed by atoms with van der Waals surface area (Å²) in [5, 5.41) is 8.28. The Hall–Kier alpha value is -0.860. The summed E-state index contributed by atoms with van der Waals surface area (Å²) in [6.07, 6.45) is 6.18. The van der Waals surface area contributed by atoms with Crippen LogP contribution < -0.4 is 0 Å². The summed E-state index contributed by atoms with van der Waals surface area (Å²) in [5.41, 5.74) is 2.58. The monoisotopic (exact) mass is 209 g/mol. The number of aryl methyl sites for hydroxylation is 2. The van der Waals surface area contributed by atoms with Crippen LogP contribution in [0.25, 0.3) is 0 Å². The van der Waals surface area contributed by atoms with Gasteiger partial charge in [0.1, 0.15) is 0 Å². The van der Waals surface area contributed by atoms with Gasteiger partial charge in [-0.25, -0.2) is 0 Å². The molecule has 1 aromatic rings. The summed E-state index contributed by atoms with van der Waals surface area (Å²) in [6.45, 7) is 6.33. The van der Waals surface area contributed by atoms with Crippen molar-refractivity contribution in [1.82, 2.24) is 15.0 Å². The predicted molar refractivity (Wildman–Crippen MR) is 62.8 cm³/mol. The summed E-state index contributed by atoms with van der Waals surface area (Å²) >= 11 is 0. The van der Waals surface area contributed by atoms with Crippen molar-refractivity contribution in [3.63, 3.8) is 0 Å². The molecule has 1 atom stereocenters. The third-order valence-corrected chi connectivity index (χ3v) is 3.01. The first-order chi connectivity index (χ1) is 7.27. The molecule has 0 radical (unpaired) electrons. The summed E-state index contributed by atoms with van der Waals surface area (Å²) in [4.78, 5) is 0. The molecule has 1 aromatic heterocycles. The van der Waals surface area contributed by atoms with Crippen molar-refractivity contribution in [2.24, 2.45) is 13.0 Å². The van der Waals surface area contributed by atoms with Gasteiger partial charge in [-0.1, -0.05) is 32.4 Å². The van der Waals surface area contributed by atoms with E-state index in [1.165, 1.54) is 30.7 Å². The Morgan fingerprint density at radius 3 is 2.67 bits per heavy atom. The lowest BCUT2D eigenvalue weighted by atomic mass is 9.93. The first kappa shape index (κ1) is 12.2. The molecular weight excluding hydrogens is 186 g/mol. The van der Waals surface area contributed by atoms with Crippen molar-refractivity contribution >= 4 is 0 Å². The minimum atomic E-state index is 0.857. The van der Waals surface area contributed by atoms with E-state index in [0.29, 0.717) is 0 Å². The first-order valence-corrected chi connectivity index (χ1v) is 6.15.